The van der Waals surface area contributed by atoms with E-state index in [1.807, 2.05) is 96.9 Å². The fraction of sp³-hybridized carbons (Fsp3) is 0.917. The zero-order valence-corrected chi connectivity index (χ0v) is 53.1. The minimum absolute atomic E-state index is 0. The molecule has 12 nitrogen and oxygen atoms in total. The van der Waals surface area contributed by atoms with Gasteiger partial charge in [-0.2, -0.15) is 0 Å². The monoisotopic (exact) mass is 1110 g/mol. The van der Waals surface area contributed by atoms with Crippen LogP contribution in [0, 0.1) is 27.1 Å². The third kappa shape index (κ3) is 40.6. The molecule has 0 heterocycles. The largest absolute Gasteiger partial charge is 1.00 e. The highest BCUT2D eigenvalue weighted by molar-refractivity contribution is 5.77. The van der Waals surface area contributed by atoms with Crippen LogP contribution in [-0.2, 0) is 52.4 Å². The van der Waals surface area contributed by atoms with Crippen molar-refractivity contribution < 1.29 is 73.9 Å². The lowest BCUT2D eigenvalue weighted by molar-refractivity contribution is -0.925. The molecule has 0 atom stereocenters. The molecule has 0 saturated heterocycles. The van der Waals surface area contributed by atoms with Crippen molar-refractivity contribution in [2.45, 2.75) is 259 Å². The van der Waals surface area contributed by atoms with Crippen LogP contribution in [-0.4, -0.2) is 108 Å². The summed E-state index contributed by atoms with van der Waals surface area (Å²) in [6.07, 6.45) is 26.5. The fourth-order valence-electron chi connectivity index (χ4n) is 6.56. The van der Waals surface area contributed by atoms with Crippen LogP contribution in [0.15, 0.2) is 0 Å². The minimum Gasteiger partial charge on any atom is -1.00 e. The van der Waals surface area contributed by atoms with Crippen molar-refractivity contribution in [3.63, 3.8) is 0 Å². The maximum absolute atomic E-state index is 12.2. The first kappa shape index (κ1) is 79.6. The van der Waals surface area contributed by atoms with Crippen LogP contribution in [0.4, 0.5) is 0 Å². The molecule has 13 heteroatoms. The molecule has 0 N–H and O–H groups in total. The Balaban J connectivity index is -0.000000321. The number of methoxy groups -OCH3 is 2. The van der Waals surface area contributed by atoms with E-state index in [-0.39, 0.29) is 76.3 Å². The Labute approximate surface area is 461 Å². The Bertz CT molecular complexity index is 1340. The van der Waals surface area contributed by atoms with Gasteiger partial charge in [0.2, 0.25) is 0 Å². The minimum atomic E-state index is -0.479. The zero-order valence-electron chi connectivity index (χ0n) is 51.5. The Morgan fingerprint density at radius 1 is 0.329 bits per heavy atom. The summed E-state index contributed by atoms with van der Waals surface area (Å²) >= 11 is 0. The van der Waals surface area contributed by atoms with Gasteiger partial charge in [0.25, 0.3) is 0 Å². The molecule has 0 spiro atoms. The maximum atomic E-state index is 12.2. The van der Waals surface area contributed by atoms with E-state index in [1.54, 1.807) is 7.11 Å². The summed E-state index contributed by atoms with van der Waals surface area (Å²) in [6, 6.07) is 0. The van der Waals surface area contributed by atoms with Crippen molar-refractivity contribution in [1.29, 1.82) is 0 Å². The predicted octanol–water partition coefficient (Wildman–Crippen LogP) is 12.2. The molecule has 0 radical (unpaired) electrons. The number of rotatable bonds is 38. The van der Waals surface area contributed by atoms with Gasteiger partial charge in [-0.3, -0.25) is 24.0 Å². The number of esters is 5. The van der Waals surface area contributed by atoms with E-state index in [9.17, 15) is 24.0 Å². The maximum Gasteiger partial charge on any atom is 0.311 e. The second-order valence-electron chi connectivity index (χ2n) is 22.9. The average Bonchev–Trinajstić information content (AvgIpc) is 3.36. The molecule has 438 valence electrons. The van der Waals surface area contributed by atoms with Crippen LogP contribution in [0.25, 0.3) is 0 Å². The Hall–Kier alpha value is -2.25. The van der Waals surface area contributed by atoms with Crippen LogP contribution in [0.3, 0.4) is 0 Å². The van der Waals surface area contributed by atoms with Gasteiger partial charge in [-0.1, -0.05) is 131 Å². The molecule has 0 bridgehead atoms. The number of ether oxygens (including phenoxy) is 6. The van der Waals surface area contributed by atoms with E-state index in [0.717, 1.165) is 43.4 Å². The lowest BCUT2D eigenvalue weighted by atomic mass is 9.90. The number of quaternary nitrogens is 1. The van der Waals surface area contributed by atoms with E-state index in [1.165, 1.54) is 116 Å². The quantitative estimate of drug-likeness (QED) is 0.0252. The molecule has 0 fully saturated rings. The smallest absolute Gasteiger partial charge is 0.311 e. The number of hydrogen-bond donors (Lipinski definition) is 0. The molecule has 0 aromatic heterocycles. The van der Waals surface area contributed by atoms with Crippen LogP contribution < -0.4 is 17.0 Å². The topological polar surface area (TPSA) is 141 Å². The number of carbonyl (C=O) groups excluding carboxylic acids is 5. The fourth-order valence-corrected chi connectivity index (χ4v) is 6.56. The first-order valence-electron chi connectivity index (χ1n) is 28.7. The van der Waals surface area contributed by atoms with E-state index < -0.39 is 10.8 Å². The molecule has 0 aromatic carbocycles. The summed E-state index contributed by atoms with van der Waals surface area (Å²) < 4.78 is 31.2. The van der Waals surface area contributed by atoms with Gasteiger partial charge >= 0.3 is 29.8 Å². The van der Waals surface area contributed by atoms with Crippen molar-refractivity contribution in [1.82, 2.24) is 0 Å². The van der Waals surface area contributed by atoms with Gasteiger partial charge in [0, 0.05) is 7.11 Å². The van der Waals surface area contributed by atoms with Gasteiger partial charge in [0.15, 0.2) is 0 Å². The Morgan fingerprint density at radius 2 is 0.575 bits per heavy atom. The van der Waals surface area contributed by atoms with Gasteiger partial charge in [-0.15, -0.1) is 0 Å². The third-order valence-electron chi connectivity index (χ3n) is 15.1. The van der Waals surface area contributed by atoms with Crippen molar-refractivity contribution >= 4 is 29.8 Å². The van der Waals surface area contributed by atoms with E-state index in [0.29, 0.717) is 32.7 Å². The number of halogens is 1. The molecule has 0 amide bonds. The Kier molecular flexibility index (Phi) is 50.1. The standard InChI is InChI=1S/C30H62NO2.C14H26O4.C9H18O3.C7H14O2.BrH/c1-7-11-12-13-14-15-16-17-18-19-20-21-22-23-24-25-26-31(9-3,10-4)27-28-33-29(32)30(5,6)8-2;1-7-13(3,4)11(15)17-9-10-18-12(16)14(5,6)8-2;1-5-9(2,3)8(10)12-7-6-11-4;1-5-7(2,3)6(8)9-4;/h7-28H2,1-6H3;7-10H2,1-6H3;5-7H2,1-4H3;5H2,1-4H3;1H/q+1;;;;/p-1. The van der Waals surface area contributed by atoms with Crippen molar-refractivity contribution in [2.75, 3.05) is 73.4 Å². The lowest BCUT2D eigenvalue weighted by Crippen LogP contribution is -3.00. The zero-order chi connectivity index (χ0) is 56.3. The molecule has 0 aliphatic rings. The molecule has 0 aliphatic carbocycles. The highest BCUT2D eigenvalue weighted by atomic mass is 79.9. The molecule has 0 unspecified atom stereocenters. The highest BCUT2D eigenvalue weighted by Crippen LogP contribution is 2.25. The third-order valence-corrected chi connectivity index (χ3v) is 15.1. The lowest BCUT2D eigenvalue weighted by Gasteiger charge is -2.37. The summed E-state index contributed by atoms with van der Waals surface area (Å²) in [7, 11) is 3.00. The van der Waals surface area contributed by atoms with Crippen molar-refractivity contribution in [2.24, 2.45) is 27.1 Å². The number of nitrogens with zero attached hydrogens (tertiary/aromatic N) is 1. The van der Waals surface area contributed by atoms with Gasteiger partial charge in [-0.05, 0) is 128 Å². The van der Waals surface area contributed by atoms with E-state index >= 15 is 0 Å². The normalized spacial score (nSPS) is 11.8. The van der Waals surface area contributed by atoms with Crippen LogP contribution >= 0.6 is 0 Å². The van der Waals surface area contributed by atoms with Crippen molar-refractivity contribution in [3.8, 4) is 0 Å². The highest BCUT2D eigenvalue weighted by Gasteiger charge is 2.31. The summed E-state index contributed by atoms with van der Waals surface area (Å²) in [4.78, 5) is 57.6. The molecule has 0 saturated carbocycles. The summed E-state index contributed by atoms with van der Waals surface area (Å²) in [5.41, 5.74) is -2.00. The number of hydrogen-bond acceptors (Lipinski definition) is 11. The summed E-state index contributed by atoms with van der Waals surface area (Å²) in [5.74, 6) is -0.837. The van der Waals surface area contributed by atoms with Gasteiger partial charge in [0.05, 0.1) is 60.4 Å². The molecule has 0 rings (SSSR count). The number of unbranched alkanes of at least 4 members (excludes halogenated alkanes) is 15. The second kappa shape index (κ2) is 45.9. The molecular weight excluding hydrogens is 991 g/mol. The second-order valence-corrected chi connectivity index (χ2v) is 22.9. The van der Waals surface area contributed by atoms with Crippen LogP contribution in [0.2, 0.25) is 0 Å². The molecule has 73 heavy (non-hydrogen) atoms. The van der Waals surface area contributed by atoms with Gasteiger partial charge < -0.3 is 49.9 Å². The van der Waals surface area contributed by atoms with E-state index in [2.05, 4.69) is 32.4 Å². The average molecular weight is 1110 g/mol. The van der Waals surface area contributed by atoms with Gasteiger partial charge in [-0.25, -0.2) is 0 Å². The van der Waals surface area contributed by atoms with E-state index in [4.69, 9.17) is 23.7 Å². The molecular formula is C60H120BrNO11. The van der Waals surface area contributed by atoms with Gasteiger partial charge in [0.1, 0.15) is 33.0 Å². The molecule has 0 aliphatic heterocycles. The van der Waals surface area contributed by atoms with Crippen LogP contribution in [0.5, 0.6) is 0 Å². The Morgan fingerprint density at radius 3 is 0.808 bits per heavy atom. The molecule has 0 aromatic rings. The van der Waals surface area contributed by atoms with Crippen molar-refractivity contribution in [3.05, 3.63) is 0 Å². The number of likely N-dealkylation sites (N-methyl/N-ethyl adjacent to an activating group) is 1. The summed E-state index contributed by atoms with van der Waals surface area (Å²) in [5, 5.41) is 0. The first-order valence-corrected chi connectivity index (χ1v) is 28.7. The summed E-state index contributed by atoms with van der Waals surface area (Å²) in [6.45, 7) is 41.6. The predicted molar refractivity (Wildman–Crippen MR) is 299 cm³/mol. The first-order chi connectivity index (χ1) is 33.6. The SMILES string of the molecule is CCC(C)(C)C(=O)OC.CCC(C)(C)C(=O)OCCOC.CCC(C)(C)C(=O)OCCOC(=O)C(C)(C)CC.CCCCCCCCCCCCCCCCCC[N+](CC)(CC)CCOC(=O)C(C)(C)CC.[Br-]. The number of carbonyl (C=O) groups is 5. The van der Waals surface area contributed by atoms with Crippen LogP contribution in [0.1, 0.15) is 259 Å².